The van der Waals surface area contributed by atoms with E-state index in [0.717, 1.165) is 36.3 Å². The summed E-state index contributed by atoms with van der Waals surface area (Å²) in [5, 5.41) is 24.4. The standard InChI is InChI=1S/C14H15N3O5S.2Na/c18-9(19)6-15-11(20)10-12(21)16-14-17(13(10)22)7-4-2-1-3-5-8(7)23-14;;/h21H,1-6H2,(H,15,20)(H,18,19);;/q;2*+1/p-2. The van der Waals surface area contributed by atoms with Gasteiger partial charge in [-0.15, -0.1) is 11.3 Å². The molecule has 0 spiro atoms. The van der Waals surface area contributed by atoms with Crippen LogP contribution in [0.25, 0.3) is 4.96 Å². The van der Waals surface area contributed by atoms with E-state index >= 15 is 0 Å². The Morgan fingerprint density at radius 2 is 1.88 bits per heavy atom. The van der Waals surface area contributed by atoms with E-state index in [0.29, 0.717) is 6.42 Å². The molecule has 0 saturated heterocycles. The fourth-order valence-corrected chi connectivity index (χ4v) is 3.91. The number of rotatable bonds is 3. The van der Waals surface area contributed by atoms with E-state index in [1.165, 1.54) is 15.7 Å². The second kappa shape index (κ2) is 9.50. The second-order valence-corrected chi connectivity index (χ2v) is 6.36. The van der Waals surface area contributed by atoms with Gasteiger partial charge in [-0.05, 0) is 25.7 Å². The maximum atomic E-state index is 12.6. The van der Waals surface area contributed by atoms with Crippen molar-refractivity contribution in [3.8, 4) is 5.88 Å². The molecule has 0 fully saturated rings. The Bertz CT molecular complexity index is 864. The van der Waals surface area contributed by atoms with Crippen molar-refractivity contribution in [1.82, 2.24) is 14.7 Å². The van der Waals surface area contributed by atoms with Gasteiger partial charge in [0.25, 0.3) is 11.5 Å². The Kier molecular flexibility index (Phi) is 8.59. The predicted molar refractivity (Wildman–Crippen MR) is 77.4 cm³/mol. The molecule has 0 saturated carbocycles. The molecule has 1 N–H and O–H groups in total. The number of aryl methyl sites for hydroxylation is 2. The molecule has 2 aromatic heterocycles. The van der Waals surface area contributed by atoms with Gasteiger partial charge in [-0.3, -0.25) is 14.0 Å². The van der Waals surface area contributed by atoms with Crippen LogP contribution in [-0.4, -0.2) is 27.8 Å². The minimum atomic E-state index is -1.51. The summed E-state index contributed by atoms with van der Waals surface area (Å²) in [6, 6.07) is 0. The van der Waals surface area contributed by atoms with Crippen LogP contribution in [0, 0.1) is 0 Å². The van der Waals surface area contributed by atoms with Crippen molar-refractivity contribution in [1.29, 1.82) is 0 Å². The zero-order chi connectivity index (χ0) is 16.6. The molecule has 0 aliphatic heterocycles. The average molecular weight is 381 g/mol. The summed E-state index contributed by atoms with van der Waals surface area (Å²) < 4.78 is 1.32. The molecule has 1 aliphatic carbocycles. The fourth-order valence-electron chi connectivity index (χ4n) is 2.72. The number of hydrogen-bond donors (Lipinski definition) is 1. The van der Waals surface area contributed by atoms with E-state index in [2.05, 4.69) is 4.98 Å². The van der Waals surface area contributed by atoms with Crippen LogP contribution in [0.3, 0.4) is 0 Å². The minimum absolute atomic E-state index is 0. The van der Waals surface area contributed by atoms with E-state index in [-0.39, 0.29) is 64.1 Å². The Balaban J connectivity index is 0.00000156. The predicted octanol–water partition coefficient (Wildman–Crippen LogP) is -7.41. The van der Waals surface area contributed by atoms with Gasteiger partial charge < -0.3 is 20.3 Å². The van der Waals surface area contributed by atoms with Crippen molar-refractivity contribution in [2.24, 2.45) is 0 Å². The molecule has 1 aliphatic rings. The summed E-state index contributed by atoms with van der Waals surface area (Å²) >= 11 is 1.30. The van der Waals surface area contributed by atoms with Gasteiger partial charge in [0.2, 0.25) is 0 Å². The molecule has 1 amide bonds. The molecule has 3 rings (SSSR count). The number of carboxylic acids is 1. The Morgan fingerprint density at radius 1 is 1.20 bits per heavy atom. The Hall–Kier alpha value is -0.420. The van der Waals surface area contributed by atoms with Gasteiger partial charge >= 0.3 is 59.1 Å². The van der Waals surface area contributed by atoms with Gasteiger partial charge in [0.15, 0.2) is 4.96 Å². The van der Waals surface area contributed by atoms with Gasteiger partial charge in [0.05, 0.1) is 12.5 Å². The first kappa shape index (κ1) is 22.6. The number of nitrogens with one attached hydrogen (secondary N) is 1. The van der Waals surface area contributed by atoms with Crippen molar-refractivity contribution in [2.75, 3.05) is 6.54 Å². The summed E-state index contributed by atoms with van der Waals surface area (Å²) in [6.45, 7) is -0.776. The molecule has 2 heterocycles. The maximum Gasteiger partial charge on any atom is 1.00 e. The van der Waals surface area contributed by atoms with Crippen LogP contribution in [0.15, 0.2) is 4.79 Å². The molecule has 0 radical (unpaired) electrons. The van der Waals surface area contributed by atoms with E-state index in [1.807, 2.05) is 5.32 Å². The van der Waals surface area contributed by atoms with E-state index in [4.69, 9.17) is 0 Å². The number of aromatic nitrogens is 2. The van der Waals surface area contributed by atoms with E-state index < -0.39 is 35.4 Å². The summed E-state index contributed by atoms with van der Waals surface area (Å²) in [6.07, 6.45) is 4.51. The van der Waals surface area contributed by atoms with Gasteiger partial charge in [-0.25, -0.2) is 4.98 Å². The zero-order valence-electron chi connectivity index (χ0n) is 14.1. The number of amides is 1. The van der Waals surface area contributed by atoms with Crippen molar-refractivity contribution in [3.05, 3.63) is 26.5 Å². The molecule has 0 aromatic carbocycles. The summed E-state index contributed by atoms with van der Waals surface area (Å²) in [5.41, 5.74) is -0.599. The average Bonchev–Trinajstić information content (AvgIpc) is 2.67. The number of hydrogen-bond acceptors (Lipinski definition) is 7. The first-order valence-electron chi connectivity index (χ1n) is 7.21. The number of carboxylic acid groups (broad SMARTS) is 1. The number of aliphatic carboxylic acids is 1. The zero-order valence-corrected chi connectivity index (χ0v) is 18.9. The summed E-state index contributed by atoms with van der Waals surface area (Å²) in [7, 11) is 0. The third-order valence-corrected chi connectivity index (χ3v) is 4.91. The van der Waals surface area contributed by atoms with Gasteiger partial charge in [-0.2, -0.15) is 0 Å². The summed E-state index contributed by atoms with van der Waals surface area (Å²) in [5.74, 6) is -3.49. The van der Waals surface area contributed by atoms with Crippen molar-refractivity contribution < 1.29 is 78.9 Å². The fraction of sp³-hybridized carbons (Fsp3) is 0.429. The van der Waals surface area contributed by atoms with Gasteiger partial charge in [0, 0.05) is 16.5 Å². The van der Waals surface area contributed by atoms with Gasteiger partial charge in [-0.1, -0.05) is 6.42 Å². The van der Waals surface area contributed by atoms with Crippen molar-refractivity contribution >= 4 is 28.2 Å². The molecular weight excluding hydrogens is 368 g/mol. The smallest absolute Gasteiger partial charge is 0.858 e. The molecule has 122 valence electrons. The Morgan fingerprint density at radius 3 is 2.56 bits per heavy atom. The minimum Gasteiger partial charge on any atom is -0.858 e. The topological polar surface area (TPSA) is 127 Å². The monoisotopic (exact) mass is 381 g/mol. The maximum absolute atomic E-state index is 12.6. The van der Waals surface area contributed by atoms with E-state index in [9.17, 15) is 24.6 Å². The molecule has 0 unspecified atom stereocenters. The Labute approximate surface area is 191 Å². The third kappa shape index (κ3) is 4.65. The number of carbonyl (C=O) groups excluding carboxylic acids is 2. The summed E-state index contributed by atoms with van der Waals surface area (Å²) in [4.78, 5) is 40.0. The van der Waals surface area contributed by atoms with Crippen LogP contribution in [0.2, 0.25) is 0 Å². The normalized spacial score (nSPS) is 13.1. The molecule has 25 heavy (non-hydrogen) atoms. The van der Waals surface area contributed by atoms with Crippen molar-refractivity contribution in [3.63, 3.8) is 0 Å². The number of thiazole rings is 1. The number of fused-ring (bicyclic) bond motifs is 3. The van der Waals surface area contributed by atoms with Crippen LogP contribution in [0.1, 0.15) is 40.2 Å². The third-order valence-electron chi connectivity index (χ3n) is 3.76. The first-order valence-corrected chi connectivity index (χ1v) is 8.03. The van der Waals surface area contributed by atoms with E-state index in [1.54, 1.807) is 0 Å². The van der Waals surface area contributed by atoms with Crippen molar-refractivity contribution in [2.45, 2.75) is 32.1 Å². The molecule has 2 aromatic rings. The first-order chi connectivity index (χ1) is 11.0. The van der Waals surface area contributed by atoms with Crippen LogP contribution in [0.4, 0.5) is 0 Å². The molecule has 0 atom stereocenters. The largest absolute Gasteiger partial charge is 1.00 e. The van der Waals surface area contributed by atoms with Crippen LogP contribution in [0.5, 0.6) is 5.88 Å². The number of carbonyl (C=O) groups is 2. The second-order valence-electron chi connectivity index (χ2n) is 5.30. The molecule has 8 nitrogen and oxygen atoms in total. The SMILES string of the molecule is O=C([O-])CNC(=O)c1c([O-])nc2sc3c(n2c1=O)CCCCC3.[Na+].[Na+]. The molecular formula is C14H13N3Na2O5S. The van der Waals surface area contributed by atoms with Crippen LogP contribution in [-0.2, 0) is 17.6 Å². The number of nitrogens with zero attached hydrogens (tertiary/aromatic N) is 2. The van der Waals surface area contributed by atoms with Crippen LogP contribution >= 0.6 is 11.3 Å². The van der Waals surface area contributed by atoms with Crippen LogP contribution < -0.4 is 80.2 Å². The molecule has 11 heteroatoms. The quantitative estimate of drug-likeness (QED) is 0.416. The van der Waals surface area contributed by atoms with Gasteiger partial charge in [0.1, 0.15) is 5.56 Å². The molecule has 0 bridgehead atoms.